The van der Waals surface area contributed by atoms with Gasteiger partial charge in [0.15, 0.2) is 0 Å². The van der Waals surface area contributed by atoms with Crippen LogP contribution in [0, 0.1) is 18.8 Å². The van der Waals surface area contributed by atoms with Crippen LogP contribution in [-0.4, -0.2) is 23.8 Å². The molecule has 0 saturated carbocycles. The molecule has 0 spiro atoms. The van der Waals surface area contributed by atoms with Crippen molar-refractivity contribution in [1.29, 1.82) is 0 Å². The fraction of sp³-hybridized carbons (Fsp3) is 0.235. The predicted molar refractivity (Wildman–Crippen MR) is 80.3 cm³/mol. The van der Waals surface area contributed by atoms with Gasteiger partial charge in [0.2, 0.25) is 5.88 Å². The molecule has 0 bridgehead atoms. The van der Waals surface area contributed by atoms with E-state index in [0.717, 1.165) is 16.7 Å². The summed E-state index contributed by atoms with van der Waals surface area (Å²) in [6.45, 7) is 2.15. The lowest BCUT2D eigenvalue weighted by Gasteiger charge is -2.11. The van der Waals surface area contributed by atoms with Gasteiger partial charge in [-0.25, -0.2) is 4.98 Å². The molecular formula is C17H17NO3. The number of aliphatic hydroxyl groups is 1. The highest BCUT2D eigenvalue weighted by Crippen LogP contribution is 2.22. The Kier molecular flexibility index (Phi) is 5.19. The van der Waals surface area contributed by atoms with E-state index in [1.165, 1.54) is 0 Å². The van der Waals surface area contributed by atoms with Crippen LogP contribution in [0.1, 0.15) is 16.7 Å². The van der Waals surface area contributed by atoms with E-state index in [9.17, 15) is 0 Å². The van der Waals surface area contributed by atoms with Gasteiger partial charge in [0.1, 0.15) is 19.0 Å². The first-order chi connectivity index (χ1) is 10.2. The molecule has 4 heteroatoms. The van der Waals surface area contributed by atoms with Crippen LogP contribution in [0.25, 0.3) is 0 Å². The number of aryl methyl sites for hydroxylation is 1. The predicted octanol–water partition coefficient (Wildman–Crippen LogP) is 2.32. The summed E-state index contributed by atoms with van der Waals surface area (Å²) < 4.78 is 11.0. The maximum atomic E-state index is 8.82. The highest BCUT2D eigenvalue weighted by Gasteiger charge is 2.06. The highest BCUT2D eigenvalue weighted by atomic mass is 16.5. The molecule has 0 aliphatic carbocycles. The molecule has 0 fully saturated rings. The number of nitrogens with zero attached hydrogens (tertiary/aromatic N) is 1. The number of pyridine rings is 1. The molecule has 0 amide bonds. The third-order valence-corrected chi connectivity index (χ3v) is 2.86. The van der Waals surface area contributed by atoms with Gasteiger partial charge in [-0.2, -0.15) is 0 Å². The van der Waals surface area contributed by atoms with E-state index in [1.54, 1.807) is 13.3 Å². The first-order valence-electron chi connectivity index (χ1n) is 6.55. The molecule has 0 unspecified atom stereocenters. The smallest absolute Gasteiger partial charge is 0.219 e. The standard InChI is InChI=1S/C17H17NO3/c1-13-7-8-16(14(11-13)6-4-10-19)21-12-15-5-3-9-18-17(15)20-2/h3,5,7-9,11,19H,10,12H2,1-2H3. The van der Waals surface area contributed by atoms with Gasteiger partial charge in [-0.1, -0.05) is 17.9 Å². The average molecular weight is 283 g/mol. The summed E-state index contributed by atoms with van der Waals surface area (Å²) in [5.41, 5.74) is 2.71. The Morgan fingerprint density at radius 2 is 2.14 bits per heavy atom. The fourth-order valence-electron chi connectivity index (χ4n) is 1.88. The first kappa shape index (κ1) is 14.9. The minimum absolute atomic E-state index is 0.177. The van der Waals surface area contributed by atoms with Gasteiger partial charge in [0.05, 0.1) is 18.2 Å². The van der Waals surface area contributed by atoms with E-state index in [2.05, 4.69) is 16.8 Å². The van der Waals surface area contributed by atoms with Crippen LogP contribution in [-0.2, 0) is 6.61 Å². The van der Waals surface area contributed by atoms with E-state index < -0.39 is 0 Å². The molecule has 2 rings (SSSR count). The van der Waals surface area contributed by atoms with Crippen LogP contribution in [0.5, 0.6) is 11.6 Å². The minimum atomic E-state index is -0.177. The van der Waals surface area contributed by atoms with Gasteiger partial charge in [-0.3, -0.25) is 0 Å². The Balaban J connectivity index is 2.20. The topological polar surface area (TPSA) is 51.6 Å². The first-order valence-corrected chi connectivity index (χ1v) is 6.55. The van der Waals surface area contributed by atoms with Crippen molar-refractivity contribution < 1.29 is 14.6 Å². The second-order valence-corrected chi connectivity index (χ2v) is 4.42. The molecule has 2 aromatic rings. The van der Waals surface area contributed by atoms with Crippen molar-refractivity contribution in [3.63, 3.8) is 0 Å². The van der Waals surface area contributed by atoms with E-state index in [4.69, 9.17) is 14.6 Å². The van der Waals surface area contributed by atoms with Crippen LogP contribution in [0.3, 0.4) is 0 Å². The van der Waals surface area contributed by atoms with E-state index in [-0.39, 0.29) is 6.61 Å². The van der Waals surface area contributed by atoms with Crippen LogP contribution in [0.15, 0.2) is 36.5 Å². The summed E-state index contributed by atoms with van der Waals surface area (Å²) in [5.74, 6) is 6.76. The molecule has 0 aliphatic heterocycles. The molecule has 4 nitrogen and oxygen atoms in total. The lowest BCUT2D eigenvalue weighted by atomic mass is 10.1. The molecule has 0 radical (unpaired) electrons. The summed E-state index contributed by atoms with van der Waals surface area (Å²) in [6, 6.07) is 9.50. The SMILES string of the molecule is COc1ncccc1COc1ccc(C)cc1C#CCO. The summed E-state index contributed by atoms with van der Waals surface area (Å²) in [7, 11) is 1.58. The van der Waals surface area contributed by atoms with Crippen molar-refractivity contribution in [2.24, 2.45) is 0 Å². The van der Waals surface area contributed by atoms with Crippen molar-refractivity contribution in [2.75, 3.05) is 13.7 Å². The Bertz CT molecular complexity index is 671. The lowest BCUT2D eigenvalue weighted by Crippen LogP contribution is -2.01. The number of methoxy groups -OCH3 is 1. The fourth-order valence-corrected chi connectivity index (χ4v) is 1.88. The lowest BCUT2D eigenvalue weighted by molar-refractivity contribution is 0.293. The molecule has 1 N–H and O–H groups in total. The van der Waals surface area contributed by atoms with Crippen molar-refractivity contribution in [3.05, 3.63) is 53.2 Å². The summed E-state index contributed by atoms with van der Waals surface area (Å²) in [6.07, 6.45) is 1.67. The minimum Gasteiger partial charge on any atom is -0.487 e. The number of rotatable bonds is 4. The summed E-state index contributed by atoms with van der Waals surface area (Å²) in [5, 5.41) is 8.82. The van der Waals surface area contributed by atoms with Crippen molar-refractivity contribution >= 4 is 0 Å². The van der Waals surface area contributed by atoms with Crippen LogP contribution in [0.2, 0.25) is 0 Å². The van der Waals surface area contributed by atoms with Crippen molar-refractivity contribution in [3.8, 4) is 23.5 Å². The maximum Gasteiger partial charge on any atom is 0.219 e. The zero-order valence-electron chi connectivity index (χ0n) is 12.1. The van der Waals surface area contributed by atoms with Gasteiger partial charge < -0.3 is 14.6 Å². The number of aromatic nitrogens is 1. The quantitative estimate of drug-likeness (QED) is 0.875. The second-order valence-electron chi connectivity index (χ2n) is 4.42. The molecule has 0 saturated heterocycles. The largest absolute Gasteiger partial charge is 0.487 e. The van der Waals surface area contributed by atoms with Gasteiger partial charge in [0.25, 0.3) is 0 Å². The molecule has 108 valence electrons. The van der Waals surface area contributed by atoms with Crippen molar-refractivity contribution in [1.82, 2.24) is 4.98 Å². The maximum absolute atomic E-state index is 8.82. The normalized spacial score (nSPS) is 9.67. The van der Waals surface area contributed by atoms with E-state index in [0.29, 0.717) is 18.2 Å². The number of aliphatic hydroxyl groups excluding tert-OH is 1. The summed E-state index contributed by atoms with van der Waals surface area (Å²) >= 11 is 0. The molecule has 21 heavy (non-hydrogen) atoms. The van der Waals surface area contributed by atoms with Gasteiger partial charge in [0, 0.05) is 6.20 Å². The Morgan fingerprint density at radius 3 is 2.90 bits per heavy atom. The third-order valence-electron chi connectivity index (χ3n) is 2.86. The molecule has 0 atom stereocenters. The zero-order valence-corrected chi connectivity index (χ0v) is 12.1. The highest BCUT2D eigenvalue weighted by molar-refractivity contribution is 5.48. The van der Waals surface area contributed by atoms with Crippen LogP contribution < -0.4 is 9.47 Å². The number of benzene rings is 1. The van der Waals surface area contributed by atoms with E-state index >= 15 is 0 Å². The number of ether oxygens (including phenoxy) is 2. The molecule has 1 aromatic carbocycles. The summed E-state index contributed by atoms with van der Waals surface area (Å²) in [4.78, 5) is 4.13. The zero-order chi connectivity index (χ0) is 15.1. The van der Waals surface area contributed by atoms with Crippen LogP contribution >= 0.6 is 0 Å². The van der Waals surface area contributed by atoms with Crippen LogP contribution in [0.4, 0.5) is 0 Å². The monoisotopic (exact) mass is 283 g/mol. The number of hydrogen-bond donors (Lipinski definition) is 1. The van der Waals surface area contributed by atoms with Gasteiger partial charge in [-0.05, 0) is 36.8 Å². The molecule has 1 heterocycles. The Labute approximate surface area is 124 Å². The van der Waals surface area contributed by atoms with E-state index in [1.807, 2.05) is 37.3 Å². The van der Waals surface area contributed by atoms with Gasteiger partial charge >= 0.3 is 0 Å². The molecular weight excluding hydrogens is 266 g/mol. The molecule has 1 aromatic heterocycles. The van der Waals surface area contributed by atoms with Crippen molar-refractivity contribution in [2.45, 2.75) is 13.5 Å². The van der Waals surface area contributed by atoms with Gasteiger partial charge in [-0.15, -0.1) is 0 Å². The average Bonchev–Trinajstić information content (AvgIpc) is 2.52. The Morgan fingerprint density at radius 1 is 1.29 bits per heavy atom. The second kappa shape index (κ2) is 7.32. The third kappa shape index (κ3) is 3.98. The molecule has 0 aliphatic rings. The Hall–Kier alpha value is -2.51. The number of hydrogen-bond acceptors (Lipinski definition) is 4.